The minimum absolute atomic E-state index is 0.557. The molecule has 1 aromatic carbocycles. The Labute approximate surface area is 97.0 Å². The van der Waals surface area contributed by atoms with Gasteiger partial charge in [-0.1, -0.05) is 19.1 Å². The Hall–Kier alpha value is -1.02. The smallest absolute Gasteiger partial charge is 0.123 e. The fourth-order valence-electron chi connectivity index (χ4n) is 3.04. The zero-order chi connectivity index (χ0) is 11.0. The van der Waals surface area contributed by atoms with Crippen molar-refractivity contribution in [2.45, 2.75) is 38.1 Å². The third-order valence-electron chi connectivity index (χ3n) is 3.77. The molecular weight excluding hydrogens is 198 g/mol. The molecule has 0 saturated carbocycles. The first-order valence-corrected chi connectivity index (χ1v) is 6.39. The Balaban J connectivity index is 1.93. The van der Waals surface area contributed by atoms with E-state index in [1.54, 1.807) is 0 Å². The summed E-state index contributed by atoms with van der Waals surface area (Å²) in [5.74, 6) is 1.86. The molecule has 86 valence electrons. The van der Waals surface area contributed by atoms with Gasteiger partial charge < -0.3 is 10.1 Å². The number of rotatable bonds is 3. The Morgan fingerprint density at radius 1 is 1.44 bits per heavy atom. The Kier molecular flexibility index (Phi) is 2.60. The zero-order valence-corrected chi connectivity index (χ0v) is 9.83. The van der Waals surface area contributed by atoms with Gasteiger partial charge in [-0.05, 0) is 43.4 Å². The minimum Gasteiger partial charge on any atom is -0.493 e. The first-order chi connectivity index (χ1) is 7.90. The van der Waals surface area contributed by atoms with Crippen LogP contribution in [0.2, 0.25) is 0 Å². The molecule has 2 nitrogen and oxygen atoms in total. The van der Waals surface area contributed by atoms with Crippen molar-refractivity contribution in [1.82, 2.24) is 5.32 Å². The molecule has 0 aromatic heterocycles. The molecule has 0 fully saturated rings. The maximum Gasteiger partial charge on any atom is 0.123 e. The van der Waals surface area contributed by atoms with E-state index in [0.29, 0.717) is 6.04 Å². The van der Waals surface area contributed by atoms with Gasteiger partial charge in [0.1, 0.15) is 5.75 Å². The van der Waals surface area contributed by atoms with Crippen LogP contribution < -0.4 is 10.1 Å². The number of nitrogens with one attached hydrogen (secondary N) is 1. The van der Waals surface area contributed by atoms with E-state index in [1.807, 2.05) is 0 Å². The Morgan fingerprint density at radius 3 is 3.25 bits per heavy atom. The van der Waals surface area contributed by atoms with Crippen LogP contribution in [0.3, 0.4) is 0 Å². The summed E-state index contributed by atoms with van der Waals surface area (Å²) in [5.41, 5.74) is 2.97. The first kappa shape index (κ1) is 10.2. The average Bonchev–Trinajstić information content (AvgIpc) is 2.68. The fourth-order valence-corrected chi connectivity index (χ4v) is 3.04. The van der Waals surface area contributed by atoms with E-state index in [9.17, 15) is 0 Å². The Morgan fingerprint density at radius 2 is 2.38 bits per heavy atom. The van der Waals surface area contributed by atoms with Crippen LogP contribution in [0.4, 0.5) is 0 Å². The van der Waals surface area contributed by atoms with E-state index < -0.39 is 0 Å². The maximum atomic E-state index is 5.74. The lowest BCUT2D eigenvalue weighted by Crippen LogP contribution is -2.19. The normalized spacial score (nSPS) is 26.3. The van der Waals surface area contributed by atoms with Gasteiger partial charge in [0.25, 0.3) is 0 Å². The van der Waals surface area contributed by atoms with Crippen molar-refractivity contribution in [3.63, 3.8) is 0 Å². The summed E-state index contributed by atoms with van der Waals surface area (Å²) in [6.45, 7) is 4.22. The fraction of sp³-hybridized carbons (Fsp3) is 0.571. The SMILES string of the molecule is CCCNC1CC2CCOc3cccc1c32. The molecule has 1 aliphatic heterocycles. The van der Waals surface area contributed by atoms with Gasteiger partial charge in [-0.25, -0.2) is 0 Å². The van der Waals surface area contributed by atoms with Crippen LogP contribution in [0.5, 0.6) is 5.75 Å². The van der Waals surface area contributed by atoms with Crippen LogP contribution in [-0.4, -0.2) is 13.2 Å². The summed E-state index contributed by atoms with van der Waals surface area (Å²) < 4.78 is 5.74. The van der Waals surface area contributed by atoms with E-state index >= 15 is 0 Å². The lowest BCUT2D eigenvalue weighted by Gasteiger charge is -2.21. The van der Waals surface area contributed by atoms with Crippen LogP contribution in [0.25, 0.3) is 0 Å². The van der Waals surface area contributed by atoms with E-state index in [0.717, 1.165) is 24.8 Å². The summed E-state index contributed by atoms with van der Waals surface area (Å²) >= 11 is 0. The zero-order valence-electron chi connectivity index (χ0n) is 9.83. The van der Waals surface area contributed by atoms with Gasteiger partial charge in [0, 0.05) is 11.6 Å². The standard InChI is InChI=1S/C14H19NO/c1-2-7-15-12-9-10-6-8-16-13-5-3-4-11(12)14(10)13/h3-5,10,12,15H,2,6-9H2,1H3. The molecule has 0 saturated heterocycles. The van der Waals surface area contributed by atoms with Gasteiger partial charge in [-0.2, -0.15) is 0 Å². The summed E-state index contributed by atoms with van der Waals surface area (Å²) in [5, 5.41) is 3.65. The van der Waals surface area contributed by atoms with Crippen molar-refractivity contribution in [2.75, 3.05) is 13.2 Å². The second kappa shape index (κ2) is 4.10. The van der Waals surface area contributed by atoms with Gasteiger partial charge in [0.2, 0.25) is 0 Å². The molecule has 1 N–H and O–H groups in total. The van der Waals surface area contributed by atoms with Crippen LogP contribution in [0.15, 0.2) is 18.2 Å². The highest BCUT2D eigenvalue weighted by molar-refractivity contribution is 5.49. The van der Waals surface area contributed by atoms with Crippen molar-refractivity contribution >= 4 is 0 Å². The second-order valence-electron chi connectivity index (χ2n) is 4.84. The predicted molar refractivity (Wildman–Crippen MR) is 64.9 cm³/mol. The van der Waals surface area contributed by atoms with Crippen molar-refractivity contribution < 1.29 is 4.74 Å². The van der Waals surface area contributed by atoms with Gasteiger partial charge >= 0.3 is 0 Å². The summed E-state index contributed by atoms with van der Waals surface area (Å²) in [4.78, 5) is 0. The van der Waals surface area contributed by atoms with Gasteiger partial charge in [0.05, 0.1) is 6.61 Å². The van der Waals surface area contributed by atoms with Gasteiger partial charge in [-0.3, -0.25) is 0 Å². The highest BCUT2D eigenvalue weighted by atomic mass is 16.5. The predicted octanol–water partition coefficient (Wildman–Crippen LogP) is 3.00. The van der Waals surface area contributed by atoms with E-state index in [4.69, 9.17) is 4.74 Å². The molecule has 0 radical (unpaired) electrons. The van der Waals surface area contributed by atoms with E-state index in [1.165, 1.54) is 30.4 Å². The molecule has 1 aliphatic carbocycles. The monoisotopic (exact) mass is 217 g/mol. The molecule has 0 amide bonds. The van der Waals surface area contributed by atoms with Crippen molar-refractivity contribution in [3.8, 4) is 5.75 Å². The van der Waals surface area contributed by atoms with Gasteiger partial charge in [-0.15, -0.1) is 0 Å². The molecule has 0 bridgehead atoms. The molecule has 1 aromatic rings. The van der Waals surface area contributed by atoms with E-state index in [-0.39, 0.29) is 0 Å². The topological polar surface area (TPSA) is 21.3 Å². The average molecular weight is 217 g/mol. The van der Waals surface area contributed by atoms with Crippen molar-refractivity contribution in [2.24, 2.45) is 0 Å². The molecular formula is C14H19NO. The number of hydrogen-bond donors (Lipinski definition) is 1. The molecule has 2 heteroatoms. The van der Waals surface area contributed by atoms with Crippen LogP contribution in [0, 0.1) is 0 Å². The summed E-state index contributed by atoms with van der Waals surface area (Å²) in [6, 6.07) is 7.07. The first-order valence-electron chi connectivity index (χ1n) is 6.39. The van der Waals surface area contributed by atoms with Crippen molar-refractivity contribution in [1.29, 1.82) is 0 Å². The van der Waals surface area contributed by atoms with Crippen LogP contribution >= 0.6 is 0 Å². The summed E-state index contributed by atoms with van der Waals surface area (Å²) in [7, 11) is 0. The quantitative estimate of drug-likeness (QED) is 0.840. The molecule has 2 atom stereocenters. The molecule has 2 aliphatic rings. The lowest BCUT2D eigenvalue weighted by molar-refractivity contribution is 0.266. The van der Waals surface area contributed by atoms with Crippen LogP contribution in [0.1, 0.15) is 49.3 Å². The third kappa shape index (κ3) is 1.52. The molecule has 0 spiro atoms. The molecule has 1 heterocycles. The molecule has 3 rings (SSSR count). The number of hydrogen-bond acceptors (Lipinski definition) is 2. The highest BCUT2D eigenvalue weighted by Gasteiger charge is 2.35. The minimum atomic E-state index is 0.557. The van der Waals surface area contributed by atoms with Gasteiger partial charge in [0.15, 0.2) is 0 Å². The van der Waals surface area contributed by atoms with Crippen LogP contribution in [-0.2, 0) is 0 Å². The number of benzene rings is 1. The number of ether oxygens (including phenoxy) is 1. The molecule has 2 unspecified atom stereocenters. The summed E-state index contributed by atoms with van der Waals surface area (Å²) in [6.07, 6.45) is 3.65. The molecule has 16 heavy (non-hydrogen) atoms. The second-order valence-corrected chi connectivity index (χ2v) is 4.84. The lowest BCUT2D eigenvalue weighted by atomic mass is 9.95. The largest absolute Gasteiger partial charge is 0.493 e. The highest BCUT2D eigenvalue weighted by Crippen LogP contribution is 2.48. The van der Waals surface area contributed by atoms with Crippen molar-refractivity contribution in [3.05, 3.63) is 29.3 Å². The Bertz CT molecular complexity index is 388. The third-order valence-corrected chi connectivity index (χ3v) is 3.77. The van der Waals surface area contributed by atoms with E-state index in [2.05, 4.69) is 30.4 Å². The maximum absolute atomic E-state index is 5.74.